The van der Waals surface area contributed by atoms with Gasteiger partial charge in [0.15, 0.2) is 5.78 Å². The van der Waals surface area contributed by atoms with Gasteiger partial charge in [-0.15, -0.1) is 0 Å². The number of nitrogens with zero attached hydrogens (tertiary/aromatic N) is 1. The second-order valence-corrected chi connectivity index (χ2v) is 6.25. The summed E-state index contributed by atoms with van der Waals surface area (Å²) in [6.45, 7) is 6.80. The minimum Gasteiger partial charge on any atom is -0.345 e. The molecule has 2 atom stereocenters. The van der Waals surface area contributed by atoms with Crippen molar-refractivity contribution in [3.63, 3.8) is 0 Å². The van der Waals surface area contributed by atoms with Crippen molar-refractivity contribution < 1.29 is 24.0 Å². The van der Waals surface area contributed by atoms with Gasteiger partial charge in [-0.1, -0.05) is 20.8 Å². The summed E-state index contributed by atoms with van der Waals surface area (Å²) in [6.07, 6.45) is 2.51. The van der Waals surface area contributed by atoms with Crippen LogP contribution in [0.3, 0.4) is 0 Å². The molecule has 4 amide bonds. The van der Waals surface area contributed by atoms with E-state index in [-0.39, 0.29) is 24.7 Å². The highest BCUT2D eigenvalue weighted by molar-refractivity contribution is 6.13. The lowest BCUT2D eigenvalue weighted by molar-refractivity contribution is -0.137. The number of nitrogens with one attached hydrogen (secondary N) is 2. The lowest BCUT2D eigenvalue weighted by Crippen LogP contribution is -2.53. The van der Waals surface area contributed by atoms with Crippen molar-refractivity contribution in [3.05, 3.63) is 12.2 Å². The smallest absolute Gasteiger partial charge is 0.253 e. The molecule has 0 aliphatic carbocycles. The number of amides is 4. The minimum atomic E-state index is -0.803. The van der Waals surface area contributed by atoms with Gasteiger partial charge in [0.1, 0.15) is 6.04 Å². The molecule has 0 aromatic carbocycles. The van der Waals surface area contributed by atoms with Gasteiger partial charge in [-0.3, -0.25) is 28.9 Å². The van der Waals surface area contributed by atoms with Gasteiger partial charge < -0.3 is 10.6 Å². The molecule has 0 radical (unpaired) electrons. The van der Waals surface area contributed by atoms with Crippen molar-refractivity contribution in [2.45, 2.75) is 52.6 Å². The SMILES string of the molecule is CCC(=O)[C@H](C)NC(=O)[C@@H](NC(=O)CCN1C(=O)C=CC1=O)C(C)C. The van der Waals surface area contributed by atoms with Gasteiger partial charge in [-0.2, -0.15) is 0 Å². The fraction of sp³-hybridized carbons (Fsp3) is 0.588. The third kappa shape index (κ3) is 5.81. The predicted molar refractivity (Wildman–Crippen MR) is 90.1 cm³/mol. The highest BCUT2D eigenvalue weighted by Gasteiger charge is 2.28. The molecule has 25 heavy (non-hydrogen) atoms. The molecular formula is C17H25N3O5. The maximum Gasteiger partial charge on any atom is 0.253 e. The van der Waals surface area contributed by atoms with Crippen molar-refractivity contribution in [1.29, 1.82) is 0 Å². The summed E-state index contributed by atoms with van der Waals surface area (Å²) < 4.78 is 0. The summed E-state index contributed by atoms with van der Waals surface area (Å²) in [4.78, 5) is 59.8. The minimum absolute atomic E-state index is 0.0480. The number of ketones is 1. The zero-order chi connectivity index (χ0) is 19.1. The second-order valence-electron chi connectivity index (χ2n) is 6.25. The average molecular weight is 351 g/mol. The van der Waals surface area contributed by atoms with Crippen LogP contribution in [0.15, 0.2) is 12.2 Å². The van der Waals surface area contributed by atoms with E-state index in [1.165, 1.54) is 0 Å². The van der Waals surface area contributed by atoms with Crippen LogP contribution in [0.4, 0.5) is 0 Å². The van der Waals surface area contributed by atoms with E-state index in [2.05, 4.69) is 10.6 Å². The highest BCUT2D eigenvalue weighted by atomic mass is 16.2. The number of carbonyl (C=O) groups is 5. The molecule has 1 aliphatic heterocycles. The van der Waals surface area contributed by atoms with Crippen LogP contribution in [0.1, 0.15) is 40.5 Å². The first-order valence-corrected chi connectivity index (χ1v) is 8.33. The van der Waals surface area contributed by atoms with E-state index in [9.17, 15) is 24.0 Å². The molecule has 0 unspecified atom stereocenters. The van der Waals surface area contributed by atoms with Crippen LogP contribution < -0.4 is 10.6 Å². The fourth-order valence-corrected chi connectivity index (χ4v) is 2.34. The van der Waals surface area contributed by atoms with Gasteiger partial charge in [0.25, 0.3) is 11.8 Å². The van der Waals surface area contributed by atoms with Gasteiger partial charge in [-0.05, 0) is 12.8 Å². The predicted octanol–water partition coefficient (Wildman–Crippen LogP) is -0.0739. The van der Waals surface area contributed by atoms with Gasteiger partial charge in [-0.25, -0.2) is 0 Å². The molecule has 0 aromatic rings. The van der Waals surface area contributed by atoms with Crippen LogP contribution in [-0.2, 0) is 24.0 Å². The molecule has 0 saturated carbocycles. The number of hydrogen-bond donors (Lipinski definition) is 2. The Balaban J connectivity index is 2.57. The van der Waals surface area contributed by atoms with Crippen LogP contribution in [0.25, 0.3) is 0 Å². The number of Topliss-reactive ketones (excluding diaryl/α,β-unsaturated/α-hetero) is 1. The first-order valence-electron chi connectivity index (χ1n) is 8.33. The third-order valence-electron chi connectivity index (χ3n) is 3.92. The number of imide groups is 1. The zero-order valence-corrected chi connectivity index (χ0v) is 15.0. The molecule has 138 valence electrons. The summed E-state index contributed by atoms with van der Waals surface area (Å²) in [5, 5.41) is 5.20. The van der Waals surface area contributed by atoms with E-state index < -0.39 is 35.7 Å². The van der Waals surface area contributed by atoms with Gasteiger partial charge in [0.2, 0.25) is 11.8 Å². The number of rotatable bonds is 9. The maximum atomic E-state index is 12.3. The van der Waals surface area contributed by atoms with Crippen molar-refractivity contribution >= 4 is 29.4 Å². The first kappa shape index (κ1) is 20.5. The van der Waals surface area contributed by atoms with Crippen molar-refractivity contribution in [3.8, 4) is 0 Å². The molecule has 2 N–H and O–H groups in total. The largest absolute Gasteiger partial charge is 0.345 e. The molecule has 0 saturated heterocycles. The highest BCUT2D eigenvalue weighted by Crippen LogP contribution is 2.06. The monoisotopic (exact) mass is 351 g/mol. The number of hydrogen-bond acceptors (Lipinski definition) is 5. The maximum absolute atomic E-state index is 12.3. The summed E-state index contributed by atoms with van der Waals surface area (Å²) >= 11 is 0. The van der Waals surface area contributed by atoms with Gasteiger partial charge in [0.05, 0.1) is 6.04 Å². The van der Waals surface area contributed by atoms with E-state index >= 15 is 0 Å². The Labute approximate surface area is 147 Å². The Morgan fingerprint density at radius 3 is 2.08 bits per heavy atom. The van der Waals surface area contributed by atoms with E-state index in [1.54, 1.807) is 27.7 Å². The summed E-state index contributed by atoms with van der Waals surface area (Å²) in [5.74, 6) is -2.08. The van der Waals surface area contributed by atoms with E-state index in [0.717, 1.165) is 17.1 Å². The first-order chi connectivity index (χ1) is 11.7. The molecule has 1 aliphatic rings. The van der Waals surface area contributed by atoms with E-state index in [1.807, 2.05) is 0 Å². The standard InChI is InChI=1S/C17H25N3O5/c1-5-12(21)11(4)18-17(25)16(10(2)3)19-13(22)8-9-20-14(23)6-7-15(20)24/h6-7,10-11,16H,5,8-9H2,1-4H3,(H,18,25)(H,19,22)/t11-,16-/m0/s1. The fourth-order valence-electron chi connectivity index (χ4n) is 2.34. The van der Waals surface area contributed by atoms with E-state index in [0.29, 0.717) is 6.42 Å². The van der Waals surface area contributed by atoms with E-state index in [4.69, 9.17) is 0 Å². The normalized spacial score (nSPS) is 16.1. The quantitative estimate of drug-likeness (QED) is 0.565. The molecule has 1 rings (SSSR count). The Morgan fingerprint density at radius 1 is 1.04 bits per heavy atom. The van der Waals surface area contributed by atoms with Crippen LogP contribution in [0.5, 0.6) is 0 Å². The summed E-state index contributed by atoms with van der Waals surface area (Å²) in [6, 6.07) is -1.43. The third-order valence-corrected chi connectivity index (χ3v) is 3.92. The molecular weight excluding hydrogens is 326 g/mol. The van der Waals surface area contributed by atoms with Crippen molar-refractivity contribution in [2.75, 3.05) is 6.54 Å². The topological polar surface area (TPSA) is 113 Å². The molecule has 1 heterocycles. The van der Waals surface area contributed by atoms with Crippen LogP contribution in [0.2, 0.25) is 0 Å². The molecule has 0 fully saturated rings. The van der Waals surface area contributed by atoms with Crippen LogP contribution in [-0.4, -0.2) is 52.9 Å². The molecule has 0 bridgehead atoms. The molecule has 8 heteroatoms. The molecule has 8 nitrogen and oxygen atoms in total. The Hall–Kier alpha value is -2.51. The molecule has 0 aromatic heterocycles. The van der Waals surface area contributed by atoms with Crippen molar-refractivity contribution in [2.24, 2.45) is 5.92 Å². The van der Waals surface area contributed by atoms with Crippen LogP contribution in [0, 0.1) is 5.92 Å². The lowest BCUT2D eigenvalue weighted by Gasteiger charge is -2.24. The Kier molecular flexibility index (Phi) is 7.47. The number of carbonyl (C=O) groups excluding carboxylic acids is 5. The summed E-state index contributed by atoms with van der Waals surface area (Å²) in [5.41, 5.74) is 0. The average Bonchev–Trinajstić information content (AvgIpc) is 2.87. The molecule has 0 spiro atoms. The Bertz CT molecular complexity index is 579. The van der Waals surface area contributed by atoms with Crippen LogP contribution >= 0.6 is 0 Å². The second kappa shape index (κ2) is 9.10. The Morgan fingerprint density at radius 2 is 1.60 bits per heavy atom. The van der Waals surface area contributed by atoms with Gasteiger partial charge in [0, 0.05) is 31.5 Å². The lowest BCUT2D eigenvalue weighted by atomic mass is 10.0. The van der Waals surface area contributed by atoms with Gasteiger partial charge >= 0.3 is 0 Å². The summed E-state index contributed by atoms with van der Waals surface area (Å²) in [7, 11) is 0. The zero-order valence-electron chi connectivity index (χ0n) is 15.0. The van der Waals surface area contributed by atoms with Crippen molar-refractivity contribution in [1.82, 2.24) is 15.5 Å².